The lowest BCUT2D eigenvalue weighted by molar-refractivity contribution is 0.411. The van der Waals surface area contributed by atoms with Crippen LogP contribution in [0.15, 0.2) is 54.9 Å². The number of methoxy groups -OCH3 is 1. The third-order valence-corrected chi connectivity index (χ3v) is 3.18. The first-order chi connectivity index (χ1) is 9.86. The zero-order valence-corrected chi connectivity index (χ0v) is 11.2. The fourth-order valence-corrected chi connectivity index (χ4v) is 2.13. The van der Waals surface area contributed by atoms with Crippen molar-refractivity contribution in [2.45, 2.75) is 6.54 Å². The van der Waals surface area contributed by atoms with Crippen molar-refractivity contribution in [2.75, 3.05) is 12.4 Å². The highest BCUT2D eigenvalue weighted by atomic mass is 16.5. The van der Waals surface area contributed by atoms with E-state index in [1.807, 2.05) is 6.07 Å². The Hall–Kier alpha value is -2.62. The van der Waals surface area contributed by atoms with Gasteiger partial charge in [-0.15, -0.1) is 0 Å². The highest BCUT2D eigenvalue weighted by Crippen LogP contribution is 2.19. The standard InChI is InChI=1S/C16H15N3O/c1-20-14-10-18-16(19-11-14)17-9-13-7-4-6-12-5-2-3-8-15(12)13/h2-8,10-11H,9H2,1H3,(H,17,18,19). The van der Waals surface area contributed by atoms with Crippen molar-refractivity contribution >= 4 is 16.7 Å². The number of aromatic nitrogens is 2. The summed E-state index contributed by atoms with van der Waals surface area (Å²) in [5, 5.41) is 5.71. The summed E-state index contributed by atoms with van der Waals surface area (Å²) in [5.41, 5.74) is 1.22. The van der Waals surface area contributed by atoms with Gasteiger partial charge in [0.1, 0.15) is 0 Å². The molecule has 1 heterocycles. The fraction of sp³-hybridized carbons (Fsp3) is 0.125. The zero-order chi connectivity index (χ0) is 13.8. The van der Waals surface area contributed by atoms with Gasteiger partial charge in [0.25, 0.3) is 0 Å². The number of nitrogens with one attached hydrogen (secondary N) is 1. The summed E-state index contributed by atoms with van der Waals surface area (Å²) in [7, 11) is 1.60. The van der Waals surface area contributed by atoms with Gasteiger partial charge >= 0.3 is 0 Å². The summed E-state index contributed by atoms with van der Waals surface area (Å²) in [4.78, 5) is 8.39. The Bertz CT molecular complexity index is 705. The number of anilines is 1. The van der Waals surface area contributed by atoms with Gasteiger partial charge in [-0.3, -0.25) is 0 Å². The number of ether oxygens (including phenoxy) is 1. The molecule has 100 valence electrons. The lowest BCUT2D eigenvalue weighted by Gasteiger charge is -2.08. The summed E-state index contributed by atoms with van der Waals surface area (Å²) >= 11 is 0. The lowest BCUT2D eigenvalue weighted by Crippen LogP contribution is -2.03. The highest BCUT2D eigenvalue weighted by Gasteiger charge is 2.01. The van der Waals surface area contributed by atoms with Gasteiger partial charge in [-0.1, -0.05) is 42.5 Å². The van der Waals surface area contributed by atoms with E-state index < -0.39 is 0 Å². The van der Waals surface area contributed by atoms with Crippen molar-refractivity contribution in [1.29, 1.82) is 0 Å². The van der Waals surface area contributed by atoms with Gasteiger partial charge in [-0.05, 0) is 16.3 Å². The Balaban J connectivity index is 1.79. The highest BCUT2D eigenvalue weighted by molar-refractivity contribution is 5.85. The summed E-state index contributed by atoms with van der Waals surface area (Å²) in [5.74, 6) is 1.25. The number of rotatable bonds is 4. The predicted octanol–water partition coefficient (Wildman–Crippen LogP) is 3.25. The quantitative estimate of drug-likeness (QED) is 0.786. The van der Waals surface area contributed by atoms with E-state index in [4.69, 9.17) is 4.74 Å². The second-order valence-electron chi connectivity index (χ2n) is 4.44. The SMILES string of the molecule is COc1cnc(NCc2cccc3ccccc23)nc1. The Morgan fingerprint density at radius 2 is 1.75 bits per heavy atom. The number of nitrogens with zero attached hydrogens (tertiary/aromatic N) is 2. The number of hydrogen-bond acceptors (Lipinski definition) is 4. The Morgan fingerprint density at radius 1 is 1.00 bits per heavy atom. The summed E-state index contributed by atoms with van der Waals surface area (Å²) in [6.45, 7) is 0.688. The van der Waals surface area contributed by atoms with Gasteiger partial charge in [-0.2, -0.15) is 0 Å². The molecule has 2 aromatic carbocycles. The van der Waals surface area contributed by atoms with Crippen LogP contribution in [-0.2, 0) is 6.54 Å². The largest absolute Gasteiger partial charge is 0.494 e. The molecule has 0 amide bonds. The van der Waals surface area contributed by atoms with Crippen LogP contribution in [0.3, 0.4) is 0 Å². The molecule has 1 N–H and O–H groups in total. The van der Waals surface area contributed by atoms with E-state index >= 15 is 0 Å². The minimum absolute atomic E-state index is 0.596. The maximum absolute atomic E-state index is 5.04. The van der Waals surface area contributed by atoms with Gasteiger partial charge < -0.3 is 10.1 Å². The van der Waals surface area contributed by atoms with E-state index in [1.54, 1.807) is 19.5 Å². The van der Waals surface area contributed by atoms with Gasteiger partial charge in [0, 0.05) is 6.54 Å². The smallest absolute Gasteiger partial charge is 0.223 e. The van der Waals surface area contributed by atoms with E-state index in [9.17, 15) is 0 Å². The summed E-state index contributed by atoms with van der Waals surface area (Å²) in [6, 6.07) is 14.6. The summed E-state index contributed by atoms with van der Waals surface area (Å²) in [6.07, 6.45) is 3.30. The van der Waals surface area contributed by atoms with Crippen molar-refractivity contribution in [2.24, 2.45) is 0 Å². The molecule has 1 aromatic heterocycles. The van der Waals surface area contributed by atoms with Crippen molar-refractivity contribution in [3.8, 4) is 5.75 Å². The Kier molecular flexibility index (Phi) is 3.46. The monoisotopic (exact) mass is 265 g/mol. The van der Waals surface area contributed by atoms with E-state index in [0.717, 1.165) is 0 Å². The van der Waals surface area contributed by atoms with Crippen molar-refractivity contribution in [1.82, 2.24) is 9.97 Å². The number of fused-ring (bicyclic) bond motifs is 1. The van der Waals surface area contributed by atoms with Crippen molar-refractivity contribution in [3.05, 3.63) is 60.4 Å². The second kappa shape index (κ2) is 5.57. The molecule has 0 radical (unpaired) electrons. The molecule has 0 bridgehead atoms. The first-order valence-corrected chi connectivity index (χ1v) is 6.43. The molecular formula is C16H15N3O. The molecule has 0 unspecified atom stereocenters. The third-order valence-electron chi connectivity index (χ3n) is 3.18. The number of benzene rings is 2. The van der Waals surface area contributed by atoms with Gasteiger partial charge in [0.05, 0.1) is 19.5 Å². The summed E-state index contributed by atoms with van der Waals surface area (Å²) < 4.78 is 5.04. The van der Waals surface area contributed by atoms with E-state index in [-0.39, 0.29) is 0 Å². The molecule has 0 aliphatic rings. The molecule has 0 fully saturated rings. The molecule has 3 aromatic rings. The van der Waals surface area contributed by atoms with Crippen LogP contribution >= 0.6 is 0 Å². The molecular weight excluding hydrogens is 250 g/mol. The zero-order valence-electron chi connectivity index (χ0n) is 11.2. The average Bonchev–Trinajstić information content (AvgIpc) is 2.53. The van der Waals surface area contributed by atoms with Gasteiger partial charge in [0.15, 0.2) is 5.75 Å². The molecule has 0 saturated heterocycles. The van der Waals surface area contributed by atoms with Crippen LogP contribution in [-0.4, -0.2) is 17.1 Å². The van der Waals surface area contributed by atoms with Crippen LogP contribution in [0.25, 0.3) is 10.8 Å². The number of hydrogen-bond donors (Lipinski definition) is 1. The molecule has 0 spiro atoms. The van der Waals surface area contributed by atoms with Crippen LogP contribution in [0, 0.1) is 0 Å². The molecule has 4 nitrogen and oxygen atoms in total. The minimum Gasteiger partial charge on any atom is -0.494 e. The first-order valence-electron chi connectivity index (χ1n) is 6.43. The lowest BCUT2D eigenvalue weighted by atomic mass is 10.0. The van der Waals surface area contributed by atoms with E-state index in [2.05, 4.69) is 51.7 Å². The van der Waals surface area contributed by atoms with Crippen molar-refractivity contribution in [3.63, 3.8) is 0 Å². The Morgan fingerprint density at radius 3 is 2.55 bits per heavy atom. The average molecular weight is 265 g/mol. The van der Waals surface area contributed by atoms with Crippen LogP contribution in [0.1, 0.15) is 5.56 Å². The van der Waals surface area contributed by atoms with Crippen LogP contribution in [0.4, 0.5) is 5.95 Å². The first kappa shape index (κ1) is 12.4. The van der Waals surface area contributed by atoms with Gasteiger partial charge in [-0.25, -0.2) is 9.97 Å². The molecule has 0 aliphatic carbocycles. The van der Waals surface area contributed by atoms with Crippen LogP contribution < -0.4 is 10.1 Å². The molecule has 0 aliphatic heterocycles. The fourth-order valence-electron chi connectivity index (χ4n) is 2.13. The Labute approximate surface area is 117 Å². The molecule has 0 atom stereocenters. The minimum atomic E-state index is 0.596. The predicted molar refractivity (Wildman–Crippen MR) is 79.9 cm³/mol. The molecule has 4 heteroatoms. The topological polar surface area (TPSA) is 47.0 Å². The molecule has 20 heavy (non-hydrogen) atoms. The van der Waals surface area contributed by atoms with E-state index in [0.29, 0.717) is 18.2 Å². The molecule has 0 saturated carbocycles. The normalized spacial score (nSPS) is 10.4. The van der Waals surface area contributed by atoms with Gasteiger partial charge in [0.2, 0.25) is 5.95 Å². The van der Waals surface area contributed by atoms with E-state index in [1.165, 1.54) is 16.3 Å². The maximum atomic E-state index is 5.04. The second-order valence-corrected chi connectivity index (χ2v) is 4.44. The molecule has 3 rings (SSSR count). The van der Waals surface area contributed by atoms with Crippen LogP contribution in [0.5, 0.6) is 5.75 Å². The third kappa shape index (κ3) is 2.54. The van der Waals surface area contributed by atoms with Crippen molar-refractivity contribution < 1.29 is 4.74 Å². The maximum Gasteiger partial charge on any atom is 0.223 e. The van der Waals surface area contributed by atoms with Crippen LogP contribution in [0.2, 0.25) is 0 Å².